The molecule has 1 aliphatic carbocycles. The molecule has 170 valence electrons. The predicted octanol–water partition coefficient (Wildman–Crippen LogP) is 2.60. The van der Waals surface area contributed by atoms with Gasteiger partial charge in [-0.3, -0.25) is 9.59 Å². The number of ether oxygens (including phenoxy) is 1. The Bertz CT molecular complexity index is 1120. The van der Waals surface area contributed by atoms with Crippen LogP contribution in [-0.2, 0) is 4.74 Å². The number of H-pyrrole nitrogens is 2. The number of pyridine rings is 1. The zero-order valence-corrected chi connectivity index (χ0v) is 18.5. The van der Waals surface area contributed by atoms with E-state index in [1.54, 1.807) is 12.3 Å². The van der Waals surface area contributed by atoms with Gasteiger partial charge in [0.15, 0.2) is 0 Å². The van der Waals surface area contributed by atoms with Gasteiger partial charge in [-0.25, -0.2) is 4.98 Å². The Labute approximate surface area is 188 Å². The van der Waals surface area contributed by atoms with Crippen LogP contribution < -0.4 is 16.2 Å². The van der Waals surface area contributed by atoms with Crippen molar-refractivity contribution in [3.05, 3.63) is 33.6 Å². The molecule has 0 bridgehead atoms. The molecule has 1 amide bonds. The average molecular weight is 458 g/mol. The number of carbonyl (C=O) groups is 1. The maximum absolute atomic E-state index is 12.7. The lowest BCUT2D eigenvalue weighted by atomic mass is 9.93. The number of amides is 1. The molecule has 0 radical (unpaired) electrons. The molecule has 5 rings (SSSR count). The van der Waals surface area contributed by atoms with Crippen molar-refractivity contribution < 1.29 is 14.6 Å². The van der Waals surface area contributed by atoms with E-state index in [9.17, 15) is 14.7 Å². The number of aliphatic hydroxyl groups is 1. The number of hydrogen-bond acceptors (Lipinski definition) is 7. The topological polar surface area (TPSA) is 132 Å². The van der Waals surface area contributed by atoms with Gasteiger partial charge in [0.05, 0.1) is 22.2 Å². The van der Waals surface area contributed by atoms with Gasteiger partial charge < -0.3 is 30.4 Å². The summed E-state index contributed by atoms with van der Waals surface area (Å²) < 4.78 is 5.34. The maximum atomic E-state index is 12.7. The highest BCUT2D eigenvalue weighted by atomic mass is 32.1. The van der Waals surface area contributed by atoms with E-state index in [2.05, 4.69) is 25.6 Å². The van der Waals surface area contributed by atoms with Crippen LogP contribution in [-0.4, -0.2) is 57.4 Å². The smallest absolute Gasteiger partial charge is 0.261 e. The number of hydrogen-bond donors (Lipinski definition) is 5. The first-order valence-corrected chi connectivity index (χ1v) is 11.9. The summed E-state index contributed by atoms with van der Waals surface area (Å²) in [6.45, 7) is 1.34. The molecule has 0 aromatic carbocycles. The van der Waals surface area contributed by atoms with Gasteiger partial charge in [-0.1, -0.05) is 0 Å². The summed E-state index contributed by atoms with van der Waals surface area (Å²) in [5.74, 6) is 0.372. The van der Waals surface area contributed by atoms with Crippen LogP contribution in [0.1, 0.15) is 48.2 Å². The van der Waals surface area contributed by atoms with E-state index in [-0.39, 0.29) is 29.7 Å². The summed E-state index contributed by atoms with van der Waals surface area (Å²) in [6.07, 6.45) is 6.25. The largest absolute Gasteiger partial charge is 0.393 e. The second-order valence-corrected chi connectivity index (χ2v) is 9.55. The Morgan fingerprint density at radius 3 is 2.69 bits per heavy atom. The highest BCUT2D eigenvalue weighted by Gasteiger charge is 2.23. The van der Waals surface area contributed by atoms with E-state index in [0.717, 1.165) is 44.0 Å². The molecule has 0 unspecified atom stereocenters. The van der Waals surface area contributed by atoms with Gasteiger partial charge >= 0.3 is 0 Å². The number of aliphatic hydroxyl groups excluding tert-OH is 1. The van der Waals surface area contributed by atoms with Gasteiger partial charge in [-0.15, -0.1) is 11.3 Å². The SMILES string of the molecule is O=C(NC1CCOCC1)c1cc2[nH]c(-c3c(NC4CCC(O)CC4)cc[nH]c3=O)nc2s1. The van der Waals surface area contributed by atoms with Crippen molar-refractivity contribution in [3.8, 4) is 11.4 Å². The minimum atomic E-state index is -0.235. The monoisotopic (exact) mass is 457 g/mol. The van der Waals surface area contributed by atoms with Crippen LogP contribution in [0.2, 0.25) is 0 Å². The second kappa shape index (κ2) is 9.05. The number of fused-ring (bicyclic) bond motifs is 1. The van der Waals surface area contributed by atoms with Crippen LogP contribution in [0.15, 0.2) is 23.1 Å². The lowest BCUT2D eigenvalue weighted by molar-refractivity contribution is 0.0698. The summed E-state index contributed by atoms with van der Waals surface area (Å²) in [5, 5.41) is 16.3. The van der Waals surface area contributed by atoms with Gasteiger partial charge in [0, 0.05) is 31.5 Å². The summed E-state index contributed by atoms with van der Waals surface area (Å²) in [5.41, 5.74) is 1.67. The number of aromatic nitrogens is 3. The molecule has 4 heterocycles. The second-order valence-electron chi connectivity index (χ2n) is 8.52. The zero-order valence-electron chi connectivity index (χ0n) is 17.6. The standard InChI is InChI=1S/C22H27N5O4S/c28-14-3-1-12(2-4-14)24-15-5-8-23-21(30)18(15)19-26-16-11-17(32-22(16)27-19)20(29)25-13-6-9-31-10-7-13/h5,8,11-14,28H,1-4,6-7,9-10H2,(H,25,29)(H,26,27)(H2,23,24,30). The molecular weight excluding hydrogens is 430 g/mol. The number of nitrogens with one attached hydrogen (secondary N) is 4. The molecule has 3 aromatic rings. The predicted molar refractivity (Wildman–Crippen MR) is 123 cm³/mol. The van der Waals surface area contributed by atoms with E-state index in [4.69, 9.17) is 4.74 Å². The molecule has 1 saturated heterocycles. The maximum Gasteiger partial charge on any atom is 0.261 e. The summed E-state index contributed by atoms with van der Waals surface area (Å²) >= 11 is 1.31. The lowest BCUT2D eigenvalue weighted by Crippen LogP contribution is -2.38. The van der Waals surface area contributed by atoms with Crippen molar-refractivity contribution in [1.82, 2.24) is 20.3 Å². The highest BCUT2D eigenvalue weighted by molar-refractivity contribution is 7.20. The lowest BCUT2D eigenvalue weighted by Gasteiger charge is -2.27. The quantitative estimate of drug-likeness (QED) is 0.400. The number of aromatic amines is 2. The Balaban J connectivity index is 1.36. The van der Waals surface area contributed by atoms with Crippen molar-refractivity contribution in [2.75, 3.05) is 18.5 Å². The highest BCUT2D eigenvalue weighted by Crippen LogP contribution is 2.31. The number of carbonyl (C=O) groups excluding carboxylic acids is 1. The minimum Gasteiger partial charge on any atom is -0.393 e. The van der Waals surface area contributed by atoms with Crippen molar-refractivity contribution in [1.29, 1.82) is 0 Å². The van der Waals surface area contributed by atoms with Crippen molar-refractivity contribution >= 4 is 33.3 Å². The van der Waals surface area contributed by atoms with Gasteiger partial charge in [-0.2, -0.15) is 0 Å². The molecule has 1 aliphatic heterocycles. The van der Waals surface area contributed by atoms with Gasteiger partial charge in [0.2, 0.25) is 0 Å². The molecule has 10 heteroatoms. The van der Waals surface area contributed by atoms with Crippen LogP contribution in [0.25, 0.3) is 21.7 Å². The fourth-order valence-electron chi connectivity index (χ4n) is 4.41. The number of anilines is 1. The van der Waals surface area contributed by atoms with Crippen LogP contribution in [0.3, 0.4) is 0 Å². The van der Waals surface area contributed by atoms with Gasteiger partial charge in [0.1, 0.15) is 16.2 Å². The molecule has 0 spiro atoms. The molecule has 9 nitrogen and oxygen atoms in total. The van der Waals surface area contributed by atoms with Crippen LogP contribution in [0.4, 0.5) is 5.69 Å². The van der Waals surface area contributed by atoms with Gasteiger partial charge in [0.25, 0.3) is 11.5 Å². The third kappa shape index (κ3) is 4.43. The molecule has 2 fully saturated rings. The minimum absolute atomic E-state index is 0.103. The van der Waals surface area contributed by atoms with E-state index in [0.29, 0.717) is 40.0 Å². The Morgan fingerprint density at radius 2 is 1.94 bits per heavy atom. The molecule has 2 aliphatic rings. The number of thiophene rings is 1. The van der Waals surface area contributed by atoms with Crippen LogP contribution in [0, 0.1) is 0 Å². The zero-order chi connectivity index (χ0) is 22.1. The Morgan fingerprint density at radius 1 is 1.16 bits per heavy atom. The van der Waals surface area contributed by atoms with E-state index >= 15 is 0 Å². The van der Waals surface area contributed by atoms with Crippen LogP contribution >= 0.6 is 11.3 Å². The van der Waals surface area contributed by atoms with E-state index in [1.165, 1.54) is 11.3 Å². The fourth-order valence-corrected chi connectivity index (χ4v) is 5.31. The molecular formula is C22H27N5O4S. The molecule has 0 atom stereocenters. The summed E-state index contributed by atoms with van der Waals surface area (Å²) in [7, 11) is 0. The molecule has 3 aromatic heterocycles. The van der Waals surface area contributed by atoms with Crippen LogP contribution in [0.5, 0.6) is 0 Å². The first kappa shape index (κ1) is 21.2. The normalized spacial score (nSPS) is 22.2. The first-order chi connectivity index (χ1) is 15.6. The third-order valence-corrected chi connectivity index (χ3v) is 7.24. The summed E-state index contributed by atoms with van der Waals surface area (Å²) in [6, 6.07) is 3.97. The van der Waals surface area contributed by atoms with Gasteiger partial charge in [-0.05, 0) is 50.7 Å². The fraction of sp³-hybridized carbons (Fsp3) is 0.500. The van der Waals surface area contributed by atoms with Crippen molar-refractivity contribution in [2.45, 2.75) is 56.7 Å². The third-order valence-electron chi connectivity index (χ3n) is 6.21. The van der Waals surface area contributed by atoms with Crippen molar-refractivity contribution in [3.63, 3.8) is 0 Å². The van der Waals surface area contributed by atoms with Crippen molar-refractivity contribution in [2.24, 2.45) is 0 Å². The first-order valence-electron chi connectivity index (χ1n) is 11.1. The molecule has 1 saturated carbocycles. The number of imidazole rings is 1. The Kier molecular flexibility index (Phi) is 5.99. The number of nitrogens with zero attached hydrogens (tertiary/aromatic N) is 1. The molecule has 5 N–H and O–H groups in total. The Hall–Kier alpha value is -2.69. The number of rotatable bonds is 5. The summed E-state index contributed by atoms with van der Waals surface area (Å²) in [4.78, 5) is 37.1. The van der Waals surface area contributed by atoms with E-state index < -0.39 is 0 Å². The van der Waals surface area contributed by atoms with E-state index in [1.807, 2.05) is 6.07 Å². The average Bonchev–Trinajstić information content (AvgIpc) is 3.36. The molecule has 32 heavy (non-hydrogen) atoms.